The van der Waals surface area contributed by atoms with Crippen LogP contribution in [0.15, 0.2) is 30.5 Å². The third-order valence-corrected chi connectivity index (χ3v) is 7.73. The molecular weight excluding hydrogens is 438 g/mol. The number of rotatable bonds is 5. The first-order valence-electron chi connectivity index (χ1n) is 9.97. The fraction of sp³-hybridized carbons (Fsp3) is 0.381. The minimum absolute atomic E-state index is 0.117. The lowest BCUT2D eigenvalue weighted by molar-refractivity contribution is -0.125. The standard InChI is InChI=1S/C21H24ClN5O3S/c1-14-17(15(2)27(24-14)16-9-11-31(29,30)13-16)12-25(3)20(28)8-7-18-21(22)23-19-6-4-5-10-26(18)19/h4-8,10,16H,9,11-13H2,1-3H3. The van der Waals surface area contributed by atoms with Crippen molar-refractivity contribution >= 4 is 39.1 Å². The second-order valence-corrected chi connectivity index (χ2v) is 10.5. The van der Waals surface area contributed by atoms with Crippen molar-refractivity contribution < 1.29 is 13.2 Å². The van der Waals surface area contributed by atoms with Gasteiger partial charge in [0, 0.05) is 37.1 Å². The SMILES string of the molecule is Cc1nn(C2CCS(=O)(=O)C2)c(C)c1CN(C)C(=O)C=Cc1c(Cl)nc2ccccn12. The number of imidazole rings is 1. The van der Waals surface area contributed by atoms with Gasteiger partial charge in [-0.2, -0.15) is 5.10 Å². The third kappa shape index (κ3) is 4.24. The van der Waals surface area contributed by atoms with Gasteiger partial charge in [-0.15, -0.1) is 0 Å². The molecule has 0 saturated carbocycles. The summed E-state index contributed by atoms with van der Waals surface area (Å²) in [5, 5.41) is 4.90. The summed E-state index contributed by atoms with van der Waals surface area (Å²) in [6.45, 7) is 4.18. The van der Waals surface area contributed by atoms with Gasteiger partial charge in [-0.25, -0.2) is 13.4 Å². The lowest BCUT2D eigenvalue weighted by Gasteiger charge is -2.16. The van der Waals surface area contributed by atoms with Gasteiger partial charge in [0.15, 0.2) is 15.0 Å². The number of hydrogen-bond acceptors (Lipinski definition) is 5. The van der Waals surface area contributed by atoms with Crippen molar-refractivity contribution in [3.63, 3.8) is 0 Å². The summed E-state index contributed by atoms with van der Waals surface area (Å²) >= 11 is 6.23. The van der Waals surface area contributed by atoms with Crippen LogP contribution in [0.1, 0.15) is 35.1 Å². The zero-order chi connectivity index (χ0) is 22.3. The number of carbonyl (C=O) groups excluding carboxylic acids is 1. The molecule has 0 spiro atoms. The third-order valence-electron chi connectivity index (χ3n) is 5.71. The number of aryl methyl sites for hydroxylation is 1. The highest BCUT2D eigenvalue weighted by Gasteiger charge is 2.31. The van der Waals surface area contributed by atoms with Crippen LogP contribution in [0.5, 0.6) is 0 Å². The minimum atomic E-state index is -3.00. The summed E-state index contributed by atoms with van der Waals surface area (Å²) in [5.41, 5.74) is 3.98. The van der Waals surface area contributed by atoms with E-state index in [1.54, 1.807) is 18.0 Å². The molecule has 1 aliphatic heterocycles. The molecule has 1 saturated heterocycles. The number of nitrogens with zero attached hydrogens (tertiary/aromatic N) is 5. The number of halogens is 1. The molecule has 0 radical (unpaired) electrons. The fourth-order valence-electron chi connectivity index (χ4n) is 3.98. The first kappa shape index (κ1) is 21.6. The molecule has 4 heterocycles. The van der Waals surface area contributed by atoms with Gasteiger partial charge in [0.25, 0.3) is 0 Å². The highest BCUT2D eigenvalue weighted by atomic mass is 35.5. The molecule has 1 amide bonds. The quantitative estimate of drug-likeness (QED) is 0.545. The van der Waals surface area contributed by atoms with Crippen LogP contribution < -0.4 is 0 Å². The van der Waals surface area contributed by atoms with Gasteiger partial charge in [-0.1, -0.05) is 17.7 Å². The highest BCUT2D eigenvalue weighted by molar-refractivity contribution is 7.91. The minimum Gasteiger partial charge on any atom is -0.338 e. The van der Waals surface area contributed by atoms with Crippen molar-refractivity contribution in [1.82, 2.24) is 24.1 Å². The Kier molecular flexibility index (Phi) is 5.65. The van der Waals surface area contributed by atoms with Gasteiger partial charge in [0.05, 0.1) is 28.9 Å². The van der Waals surface area contributed by atoms with Gasteiger partial charge < -0.3 is 4.90 Å². The molecule has 10 heteroatoms. The number of likely N-dealkylation sites (N-methyl/N-ethyl adjacent to an activating group) is 1. The molecule has 1 unspecified atom stereocenters. The van der Waals surface area contributed by atoms with E-state index in [0.29, 0.717) is 29.5 Å². The maximum atomic E-state index is 12.7. The molecule has 164 valence electrons. The van der Waals surface area contributed by atoms with Crippen molar-refractivity contribution in [3.05, 3.63) is 58.3 Å². The smallest absolute Gasteiger partial charge is 0.246 e. The molecule has 3 aromatic heterocycles. The maximum Gasteiger partial charge on any atom is 0.246 e. The summed E-state index contributed by atoms with van der Waals surface area (Å²) in [5.74, 6) is 0.128. The van der Waals surface area contributed by atoms with Crippen LogP contribution in [0.3, 0.4) is 0 Å². The predicted octanol–water partition coefficient (Wildman–Crippen LogP) is 2.83. The van der Waals surface area contributed by atoms with Crippen molar-refractivity contribution in [2.45, 2.75) is 32.9 Å². The predicted molar refractivity (Wildman–Crippen MR) is 120 cm³/mol. The van der Waals surface area contributed by atoms with Crippen LogP contribution in [0.4, 0.5) is 0 Å². The van der Waals surface area contributed by atoms with E-state index >= 15 is 0 Å². The van der Waals surface area contributed by atoms with Crippen molar-refractivity contribution in [2.24, 2.45) is 0 Å². The van der Waals surface area contributed by atoms with Crippen molar-refractivity contribution in [3.8, 4) is 0 Å². The molecule has 1 aliphatic rings. The average Bonchev–Trinajstić information content (AvgIpc) is 3.33. The fourth-order valence-corrected chi connectivity index (χ4v) is 5.91. The normalized spacial score (nSPS) is 18.3. The maximum absolute atomic E-state index is 12.7. The average molecular weight is 462 g/mol. The highest BCUT2D eigenvalue weighted by Crippen LogP contribution is 2.27. The summed E-state index contributed by atoms with van der Waals surface area (Å²) in [7, 11) is -1.28. The number of amides is 1. The van der Waals surface area contributed by atoms with Crippen LogP contribution in [-0.4, -0.2) is 56.9 Å². The van der Waals surface area contributed by atoms with Crippen molar-refractivity contribution in [2.75, 3.05) is 18.6 Å². The van der Waals surface area contributed by atoms with E-state index in [0.717, 1.165) is 17.0 Å². The second kappa shape index (κ2) is 8.12. The summed E-state index contributed by atoms with van der Waals surface area (Å²) in [6, 6.07) is 5.44. The van der Waals surface area contributed by atoms with Crippen LogP contribution in [0.25, 0.3) is 11.7 Å². The Labute approximate surface area is 186 Å². The molecule has 3 aromatic rings. The molecule has 31 heavy (non-hydrogen) atoms. The molecule has 0 bridgehead atoms. The van der Waals surface area contributed by atoms with E-state index in [4.69, 9.17) is 11.6 Å². The summed E-state index contributed by atoms with van der Waals surface area (Å²) in [4.78, 5) is 18.6. The van der Waals surface area contributed by atoms with Gasteiger partial charge in [0.2, 0.25) is 5.91 Å². The molecule has 0 N–H and O–H groups in total. The van der Waals surface area contributed by atoms with Gasteiger partial charge in [-0.3, -0.25) is 13.9 Å². The topological polar surface area (TPSA) is 89.6 Å². The number of aromatic nitrogens is 4. The largest absolute Gasteiger partial charge is 0.338 e. The number of sulfone groups is 1. The summed E-state index contributed by atoms with van der Waals surface area (Å²) < 4.78 is 27.3. The van der Waals surface area contributed by atoms with E-state index in [-0.39, 0.29) is 23.5 Å². The van der Waals surface area contributed by atoms with E-state index in [2.05, 4.69) is 10.1 Å². The molecule has 0 aromatic carbocycles. The van der Waals surface area contributed by atoms with Crippen LogP contribution in [0, 0.1) is 13.8 Å². The molecule has 1 atom stereocenters. The number of pyridine rings is 1. The molecule has 0 aliphatic carbocycles. The van der Waals surface area contributed by atoms with E-state index in [9.17, 15) is 13.2 Å². The first-order valence-corrected chi connectivity index (χ1v) is 12.2. The van der Waals surface area contributed by atoms with Gasteiger partial charge in [-0.05, 0) is 38.5 Å². The Morgan fingerprint density at radius 1 is 1.35 bits per heavy atom. The zero-order valence-electron chi connectivity index (χ0n) is 17.6. The Morgan fingerprint density at radius 2 is 2.13 bits per heavy atom. The van der Waals surface area contributed by atoms with Crippen molar-refractivity contribution in [1.29, 1.82) is 0 Å². The summed E-state index contributed by atoms with van der Waals surface area (Å²) in [6.07, 6.45) is 5.54. The van der Waals surface area contributed by atoms with Crippen LogP contribution in [-0.2, 0) is 21.2 Å². The van der Waals surface area contributed by atoms with Gasteiger partial charge in [0.1, 0.15) is 5.65 Å². The molecular formula is C21H24ClN5O3S. The molecule has 4 rings (SSSR count). The Morgan fingerprint density at radius 3 is 2.84 bits per heavy atom. The lowest BCUT2D eigenvalue weighted by Crippen LogP contribution is -2.25. The number of carbonyl (C=O) groups is 1. The number of hydrogen-bond donors (Lipinski definition) is 0. The van der Waals surface area contributed by atoms with Crippen LogP contribution >= 0.6 is 11.6 Å². The van der Waals surface area contributed by atoms with E-state index < -0.39 is 9.84 Å². The Bertz CT molecular complexity index is 1290. The number of fused-ring (bicyclic) bond motifs is 1. The Hall–Kier alpha value is -2.65. The van der Waals surface area contributed by atoms with Gasteiger partial charge >= 0.3 is 0 Å². The second-order valence-electron chi connectivity index (χ2n) is 7.90. The Balaban J connectivity index is 1.50. The van der Waals surface area contributed by atoms with Crippen LogP contribution in [0.2, 0.25) is 5.15 Å². The molecule has 1 fully saturated rings. The molecule has 8 nitrogen and oxygen atoms in total. The zero-order valence-corrected chi connectivity index (χ0v) is 19.2. The van der Waals surface area contributed by atoms with E-state index in [1.165, 1.54) is 6.08 Å². The monoisotopic (exact) mass is 461 g/mol. The first-order chi connectivity index (χ1) is 14.7. The van der Waals surface area contributed by atoms with E-state index in [1.807, 2.05) is 47.3 Å². The lowest BCUT2D eigenvalue weighted by atomic mass is 10.1.